The van der Waals surface area contributed by atoms with Gasteiger partial charge in [-0.05, 0) is 57.6 Å². The number of aromatic nitrogens is 1. The van der Waals surface area contributed by atoms with Crippen LogP contribution < -0.4 is 0 Å². The number of hydrogen-bond donors (Lipinski definition) is 0. The predicted octanol–water partition coefficient (Wildman–Crippen LogP) is 6.94. The van der Waals surface area contributed by atoms with Crippen molar-refractivity contribution in [3.05, 3.63) is 90.0 Å². The van der Waals surface area contributed by atoms with Crippen molar-refractivity contribution in [2.24, 2.45) is 5.92 Å². The Labute approximate surface area is 257 Å². The second kappa shape index (κ2) is 14.6. The third-order valence-corrected chi connectivity index (χ3v) is 8.88. The number of pyridine rings is 1. The molecule has 43 heavy (non-hydrogen) atoms. The Balaban J connectivity index is 1.16. The molecular weight excluding hydrogens is 532 g/mol. The van der Waals surface area contributed by atoms with Crippen LogP contribution in [0.25, 0.3) is 22.5 Å². The molecule has 1 atom stereocenters. The fourth-order valence-electron chi connectivity index (χ4n) is 6.31. The number of rotatable bonds is 9. The second-order valence-corrected chi connectivity index (χ2v) is 12.5. The van der Waals surface area contributed by atoms with Crippen LogP contribution in [0.2, 0.25) is 0 Å². The van der Waals surface area contributed by atoms with Crippen LogP contribution in [-0.4, -0.2) is 76.8 Å². The topological polar surface area (TPSA) is 56.8 Å². The summed E-state index contributed by atoms with van der Waals surface area (Å²) in [6, 6.07) is 24.5. The van der Waals surface area contributed by atoms with Crippen LogP contribution in [0.5, 0.6) is 0 Å². The fourth-order valence-corrected chi connectivity index (χ4v) is 6.31. The largest absolute Gasteiger partial charge is 0.343 e. The summed E-state index contributed by atoms with van der Waals surface area (Å²) in [6.07, 6.45) is 7.05. The van der Waals surface area contributed by atoms with E-state index in [-0.39, 0.29) is 5.91 Å². The Morgan fingerprint density at radius 3 is 1.91 bits per heavy atom. The van der Waals surface area contributed by atoms with Gasteiger partial charge < -0.3 is 9.80 Å². The molecule has 2 aliphatic rings. The van der Waals surface area contributed by atoms with Crippen molar-refractivity contribution in [2.75, 3.05) is 39.3 Å². The fraction of sp³-hybridized carbons (Fsp3) is 0.432. The average Bonchev–Trinajstić information content (AvgIpc) is 3.05. The Hall–Kier alpha value is -3.77. The normalized spacial score (nSPS) is 17.0. The standard InChI is InChI=1S/C37H46N4O2/c1-28(2)11-10-12-29(3)25-36(42)40-19-17-33(18-20-40)39-21-23-41(24-22-39)37(43)32-26-34(30-13-6-4-7-14-30)38-35(27-32)31-15-8-5-9-16-31/h4-9,11,13-16,26-27,29,33H,10,12,17-25H2,1-3H3/t29-/m1/s1. The van der Waals surface area contributed by atoms with Gasteiger partial charge in [0.1, 0.15) is 0 Å². The molecule has 2 aliphatic heterocycles. The van der Waals surface area contributed by atoms with Gasteiger partial charge in [0.25, 0.3) is 5.91 Å². The van der Waals surface area contributed by atoms with Gasteiger partial charge in [-0.15, -0.1) is 0 Å². The first-order chi connectivity index (χ1) is 20.9. The number of benzene rings is 2. The maximum Gasteiger partial charge on any atom is 0.254 e. The molecule has 3 aromatic rings. The summed E-state index contributed by atoms with van der Waals surface area (Å²) in [5, 5.41) is 0. The third kappa shape index (κ3) is 8.20. The lowest BCUT2D eigenvalue weighted by molar-refractivity contribution is -0.133. The van der Waals surface area contributed by atoms with Gasteiger partial charge in [-0.3, -0.25) is 14.5 Å². The van der Waals surface area contributed by atoms with Crippen molar-refractivity contribution < 1.29 is 9.59 Å². The number of allylic oxidation sites excluding steroid dienone is 2. The molecule has 3 heterocycles. The Morgan fingerprint density at radius 1 is 0.814 bits per heavy atom. The van der Waals surface area contributed by atoms with Gasteiger partial charge in [0.15, 0.2) is 0 Å². The Bertz CT molecular complexity index is 1330. The van der Waals surface area contributed by atoms with E-state index in [1.54, 1.807) is 0 Å². The molecule has 0 unspecified atom stereocenters. The van der Waals surface area contributed by atoms with Crippen molar-refractivity contribution in [2.45, 2.75) is 58.9 Å². The minimum Gasteiger partial charge on any atom is -0.343 e. The highest BCUT2D eigenvalue weighted by Crippen LogP contribution is 2.27. The molecule has 226 valence electrons. The second-order valence-electron chi connectivity index (χ2n) is 12.5. The summed E-state index contributed by atoms with van der Waals surface area (Å²) in [4.78, 5) is 38.2. The van der Waals surface area contributed by atoms with Crippen molar-refractivity contribution in [3.8, 4) is 22.5 Å². The van der Waals surface area contributed by atoms with Crippen molar-refractivity contribution >= 4 is 11.8 Å². The van der Waals surface area contributed by atoms with E-state index in [1.165, 1.54) is 5.57 Å². The summed E-state index contributed by atoms with van der Waals surface area (Å²) in [6.45, 7) is 11.3. The molecule has 5 rings (SSSR count). The van der Waals surface area contributed by atoms with Crippen LogP contribution in [0.15, 0.2) is 84.4 Å². The van der Waals surface area contributed by atoms with Gasteiger partial charge in [0.05, 0.1) is 11.4 Å². The van der Waals surface area contributed by atoms with Crippen molar-refractivity contribution in [3.63, 3.8) is 0 Å². The van der Waals surface area contributed by atoms with Crippen LogP contribution in [0, 0.1) is 5.92 Å². The van der Waals surface area contributed by atoms with Gasteiger partial charge in [0, 0.05) is 68.4 Å². The predicted molar refractivity (Wildman–Crippen MR) is 175 cm³/mol. The van der Waals surface area contributed by atoms with E-state index in [0.717, 1.165) is 74.4 Å². The van der Waals surface area contributed by atoms with E-state index in [4.69, 9.17) is 4.98 Å². The van der Waals surface area contributed by atoms with E-state index in [0.29, 0.717) is 42.9 Å². The van der Waals surface area contributed by atoms with Gasteiger partial charge >= 0.3 is 0 Å². The molecule has 2 fully saturated rings. The zero-order valence-corrected chi connectivity index (χ0v) is 26.0. The van der Waals surface area contributed by atoms with Crippen LogP contribution >= 0.6 is 0 Å². The SMILES string of the molecule is CC(C)=CCC[C@@H](C)CC(=O)N1CCC(N2CCN(C(=O)c3cc(-c4ccccc4)nc(-c4ccccc4)c3)CC2)CC1. The molecule has 0 saturated carbocycles. The first-order valence-corrected chi connectivity index (χ1v) is 15.9. The number of carbonyl (C=O) groups is 2. The number of hydrogen-bond acceptors (Lipinski definition) is 4. The summed E-state index contributed by atoms with van der Waals surface area (Å²) in [5.74, 6) is 0.788. The highest BCUT2D eigenvalue weighted by molar-refractivity contribution is 5.96. The summed E-state index contributed by atoms with van der Waals surface area (Å²) >= 11 is 0. The number of likely N-dealkylation sites (tertiary alicyclic amines) is 1. The van der Waals surface area contributed by atoms with Gasteiger partial charge in [0.2, 0.25) is 5.91 Å². The van der Waals surface area contributed by atoms with E-state index in [1.807, 2.05) is 77.7 Å². The minimum atomic E-state index is 0.0653. The monoisotopic (exact) mass is 578 g/mol. The lowest BCUT2D eigenvalue weighted by atomic mass is 9.98. The van der Waals surface area contributed by atoms with Crippen LogP contribution in [0.3, 0.4) is 0 Å². The molecule has 2 saturated heterocycles. The average molecular weight is 579 g/mol. The number of nitrogens with zero attached hydrogens (tertiary/aromatic N) is 4. The molecule has 0 aliphatic carbocycles. The number of amides is 2. The van der Waals surface area contributed by atoms with E-state index in [9.17, 15) is 9.59 Å². The number of carbonyl (C=O) groups excluding carboxylic acids is 2. The van der Waals surface area contributed by atoms with Gasteiger partial charge in [-0.25, -0.2) is 4.98 Å². The Kier molecular flexibility index (Phi) is 10.4. The molecule has 1 aromatic heterocycles. The summed E-state index contributed by atoms with van der Waals surface area (Å²) < 4.78 is 0. The molecule has 0 spiro atoms. The Morgan fingerprint density at radius 2 is 1.37 bits per heavy atom. The molecular formula is C37H46N4O2. The van der Waals surface area contributed by atoms with Crippen LogP contribution in [0.1, 0.15) is 63.2 Å². The highest BCUT2D eigenvalue weighted by Gasteiger charge is 2.31. The van der Waals surface area contributed by atoms with Crippen LogP contribution in [0.4, 0.5) is 0 Å². The molecule has 2 aromatic carbocycles. The zero-order valence-electron chi connectivity index (χ0n) is 26.0. The first kappa shape index (κ1) is 30.7. The molecule has 0 N–H and O–H groups in total. The number of piperazine rings is 1. The van der Waals surface area contributed by atoms with Crippen LogP contribution in [-0.2, 0) is 4.79 Å². The van der Waals surface area contributed by atoms with Crippen molar-refractivity contribution in [1.82, 2.24) is 19.7 Å². The summed E-state index contributed by atoms with van der Waals surface area (Å²) in [7, 11) is 0. The quantitative estimate of drug-likeness (QED) is 0.258. The zero-order chi connectivity index (χ0) is 30.2. The van der Waals surface area contributed by atoms with E-state index < -0.39 is 0 Å². The van der Waals surface area contributed by atoms with Gasteiger partial charge in [-0.1, -0.05) is 79.2 Å². The lowest BCUT2D eigenvalue weighted by Crippen LogP contribution is -2.54. The highest BCUT2D eigenvalue weighted by atomic mass is 16.2. The molecule has 6 nitrogen and oxygen atoms in total. The third-order valence-electron chi connectivity index (χ3n) is 8.88. The lowest BCUT2D eigenvalue weighted by Gasteiger charge is -2.43. The minimum absolute atomic E-state index is 0.0653. The molecule has 0 bridgehead atoms. The molecule has 2 amide bonds. The first-order valence-electron chi connectivity index (χ1n) is 15.9. The smallest absolute Gasteiger partial charge is 0.254 e. The maximum absolute atomic E-state index is 13.8. The maximum atomic E-state index is 13.8. The van der Waals surface area contributed by atoms with Gasteiger partial charge in [-0.2, -0.15) is 0 Å². The van der Waals surface area contributed by atoms with Crippen molar-refractivity contribution in [1.29, 1.82) is 0 Å². The van der Waals surface area contributed by atoms with E-state index in [2.05, 4.69) is 36.6 Å². The summed E-state index contributed by atoms with van der Waals surface area (Å²) in [5.41, 5.74) is 5.66. The van der Waals surface area contributed by atoms with E-state index >= 15 is 0 Å². The number of piperidine rings is 1. The molecule has 0 radical (unpaired) electrons. The molecule has 6 heteroatoms.